The molecule has 0 fully saturated rings. The maximum atomic E-state index is 12.8. The summed E-state index contributed by atoms with van der Waals surface area (Å²) in [4.78, 5) is 22.3. The SMILES string of the molecule is C[C@H](N)C(=O)NNC(=O)NCc1cccc(F)c1. The second-order valence-corrected chi connectivity index (χ2v) is 3.72. The molecule has 0 aliphatic carbocycles. The lowest BCUT2D eigenvalue weighted by Gasteiger charge is -2.10. The van der Waals surface area contributed by atoms with Gasteiger partial charge in [-0.3, -0.25) is 10.2 Å². The van der Waals surface area contributed by atoms with Crippen LogP contribution in [0.25, 0.3) is 0 Å². The number of hydrogen-bond donors (Lipinski definition) is 4. The van der Waals surface area contributed by atoms with Crippen LogP contribution in [0.5, 0.6) is 0 Å². The van der Waals surface area contributed by atoms with Crippen molar-refractivity contribution >= 4 is 11.9 Å². The number of rotatable bonds is 3. The van der Waals surface area contributed by atoms with Crippen LogP contribution >= 0.6 is 0 Å². The van der Waals surface area contributed by atoms with Crippen molar-refractivity contribution < 1.29 is 14.0 Å². The molecule has 5 N–H and O–H groups in total. The Morgan fingerprint density at radius 1 is 1.39 bits per heavy atom. The number of amides is 3. The highest BCUT2D eigenvalue weighted by Gasteiger charge is 2.07. The highest BCUT2D eigenvalue weighted by molar-refractivity contribution is 5.84. The highest BCUT2D eigenvalue weighted by atomic mass is 19.1. The molecule has 1 aromatic rings. The van der Waals surface area contributed by atoms with Crippen molar-refractivity contribution in [1.29, 1.82) is 0 Å². The van der Waals surface area contributed by atoms with E-state index < -0.39 is 18.0 Å². The first-order chi connectivity index (χ1) is 8.49. The van der Waals surface area contributed by atoms with Crippen LogP contribution in [0.4, 0.5) is 9.18 Å². The Hall–Kier alpha value is -2.15. The van der Waals surface area contributed by atoms with Crippen molar-refractivity contribution in [2.24, 2.45) is 5.73 Å². The van der Waals surface area contributed by atoms with Crippen LogP contribution in [-0.2, 0) is 11.3 Å². The first kappa shape index (κ1) is 13.9. The van der Waals surface area contributed by atoms with E-state index in [-0.39, 0.29) is 12.4 Å². The van der Waals surface area contributed by atoms with Crippen LogP contribution in [0.3, 0.4) is 0 Å². The van der Waals surface area contributed by atoms with Crippen molar-refractivity contribution in [3.63, 3.8) is 0 Å². The molecular weight excluding hydrogens is 239 g/mol. The minimum absolute atomic E-state index is 0.150. The Morgan fingerprint density at radius 2 is 2.11 bits per heavy atom. The topological polar surface area (TPSA) is 96.2 Å². The van der Waals surface area contributed by atoms with Crippen molar-refractivity contribution in [2.45, 2.75) is 19.5 Å². The molecular formula is C11H15FN4O2. The zero-order valence-electron chi connectivity index (χ0n) is 9.87. The number of hydrazine groups is 1. The van der Waals surface area contributed by atoms with Crippen molar-refractivity contribution in [2.75, 3.05) is 0 Å². The molecule has 0 aliphatic rings. The smallest absolute Gasteiger partial charge is 0.333 e. The standard InChI is InChI=1S/C11H15FN4O2/c1-7(13)10(17)15-16-11(18)14-6-8-3-2-4-9(12)5-8/h2-5,7H,6,13H2,1H3,(H,15,17)(H2,14,16,18)/t7-/m0/s1. The molecule has 0 saturated heterocycles. The van der Waals surface area contributed by atoms with Gasteiger partial charge in [-0.05, 0) is 24.6 Å². The molecule has 98 valence electrons. The number of nitrogens with two attached hydrogens (primary N) is 1. The van der Waals surface area contributed by atoms with E-state index in [2.05, 4.69) is 16.2 Å². The van der Waals surface area contributed by atoms with Crippen molar-refractivity contribution in [1.82, 2.24) is 16.2 Å². The number of carbonyl (C=O) groups excluding carboxylic acids is 2. The summed E-state index contributed by atoms with van der Waals surface area (Å²) in [6.45, 7) is 1.64. The van der Waals surface area contributed by atoms with Gasteiger partial charge < -0.3 is 11.1 Å². The number of halogens is 1. The lowest BCUT2D eigenvalue weighted by atomic mass is 10.2. The lowest BCUT2D eigenvalue weighted by molar-refractivity contribution is -0.122. The van der Waals surface area contributed by atoms with E-state index >= 15 is 0 Å². The Labute approximate surface area is 104 Å². The summed E-state index contributed by atoms with van der Waals surface area (Å²) in [6, 6.07) is 4.51. The predicted molar refractivity (Wildman–Crippen MR) is 63.6 cm³/mol. The Bertz CT molecular complexity index is 437. The van der Waals surface area contributed by atoms with Gasteiger partial charge in [0.15, 0.2) is 0 Å². The zero-order valence-corrected chi connectivity index (χ0v) is 9.87. The number of hydrogen-bond acceptors (Lipinski definition) is 3. The Morgan fingerprint density at radius 3 is 2.72 bits per heavy atom. The van der Waals surface area contributed by atoms with E-state index in [0.29, 0.717) is 5.56 Å². The van der Waals surface area contributed by atoms with Crippen molar-refractivity contribution in [3.05, 3.63) is 35.6 Å². The van der Waals surface area contributed by atoms with Crippen LogP contribution in [-0.4, -0.2) is 18.0 Å². The maximum absolute atomic E-state index is 12.8. The van der Waals surface area contributed by atoms with E-state index in [9.17, 15) is 14.0 Å². The van der Waals surface area contributed by atoms with Gasteiger partial charge in [-0.15, -0.1) is 0 Å². The molecule has 0 bridgehead atoms. The maximum Gasteiger partial charge on any atom is 0.333 e. The molecule has 1 aromatic carbocycles. The third-order valence-electron chi connectivity index (χ3n) is 2.05. The fourth-order valence-corrected chi connectivity index (χ4v) is 1.11. The van der Waals surface area contributed by atoms with E-state index in [1.54, 1.807) is 12.1 Å². The van der Waals surface area contributed by atoms with E-state index in [1.165, 1.54) is 19.1 Å². The Balaban J connectivity index is 2.31. The minimum atomic E-state index is -0.714. The first-order valence-corrected chi connectivity index (χ1v) is 5.33. The van der Waals surface area contributed by atoms with Gasteiger partial charge in [0.25, 0.3) is 5.91 Å². The van der Waals surface area contributed by atoms with Gasteiger partial charge in [0.1, 0.15) is 5.82 Å². The Kier molecular flexibility index (Phi) is 5.06. The van der Waals surface area contributed by atoms with Gasteiger partial charge in [0, 0.05) is 6.54 Å². The van der Waals surface area contributed by atoms with Crippen LogP contribution < -0.4 is 21.9 Å². The molecule has 0 heterocycles. The van der Waals surface area contributed by atoms with Crippen LogP contribution in [0, 0.1) is 5.82 Å². The molecule has 0 unspecified atom stereocenters. The third-order valence-corrected chi connectivity index (χ3v) is 2.05. The molecule has 0 spiro atoms. The molecule has 0 aliphatic heterocycles. The lowest BCUT2D eigenvalue weighted by Crippen LogP contribution is -2.51. The largest absolute Gasteiger partial charge is 0.333 e. The molecule has 0 saturated carbocycles. The van der Waals surface area contributed by atoms with Crippen LogP contribution in [0.1, 0.15) is 12.5 Å². The normalized spacial score (nSPS) is 11.5. The molecule has 0 aromatic heterocycles. The summed E-state index contributed by atoms with van der Waals surface area (Å²) < 4.78 is 12.8. The number of nitrogens with one attached hydrogen (secondary N) is 3. The summed E-state index contributed by atoms with van der Waals surface area (Å²) in [5.41, 5.74) is 10.1. The second kappa shape index (κ2) is 6.55. The van der Waals surface area contributed by atoms with Gasteiger partial charge in [-0.2, -0.15) is 0 Å². The monoisotopic (exact) mass is 254 g/mol. The second-order valence-electron chi connectivity index (χ2n) is 3.72. The van der Waals surface area contributed by atoms with E-state index in [1.807, 2.05) is 0 Å². The predicted octanol–water partition coefficient (Wildman–Crippen LogP) is 0.00330. The molecule has 18 heavy (non-hydrogen) atoms. The zero-order chi connectivity index (χ0) is 13.5. The van der Waals surface area contributed by atoms with Gasteiger partial charge in [-0.25, -0.2) is 14.6 Å². The van der Waals surface area contributed by atoms with Gasteiger partial charge in [0.2, 0.25) is 0 Å². The first-order valence-electron chi connectivity index (χ1n) is 5.33. The molecule has 7 heteroatoms. The van der Waals surface area contributed by atoms with E-state index in [4.69, 9.17) is 5.73 Å². The summed E-state index contributed by atoms with van der Waals surface area (Å²) in [5, 5.41) is 2.45. The van der Waals surface area contributed by atoms with Crippen LogP contribution in [0.2, 0.25) is 0 Å². The number of carbonyl (C=O) groups is 2. The quantitative estimate of drug-likeness (QED) is 0.572. The minimum Gasteiger partial charge on any atom is -0.333 e. The van der Waals surface area contributed by atoms with Gasteiger partial charge in [0.05, 0.1) is 6.04 Å². The van der Waals surface area contributed by atoms with E-state index in [0.717, 1.165) is 0 Å². The highest BCUT2D eigenvalue weighted by Crippen LogP contribution is 2.02. The average Bonchev–Trinajstić information content (AvgIpc) is 2.33. The molecule has 0 radical (unpaired) electrons. The molecule has 1 atom stereocenters. The fourth-order valence-electron chi connectivity index (χ4n) is 1.11. The summed E-state index contributed by atoms with van der Waals surface area (Å²) in [5.74, 6) is -0.879. The summed E-state index contributed by atoms with van der Waals surface area (Å²) in [6.07, 6.45) is 0. The third kappa shape index (κ3) is 4.79. The van der Waals surface area contributed by atoms with Gasteiger partial charge >= 0.3 is 6.03 Å². The van der Waals surface area contributed by atoms with Crippen LogP contribution in [0.15, 0.2) is 24.3 Å². The van der Waals surface area contributed by atoms with Crippen molar-refractivity contribution in [3.8, 4) is 0 Å². The number of benzene rings is 1. The summed E-state index contributed by atoms with van der Waals surface area (Å²) >= 11 is 0. The number of urea groups is 1. The fraction of sp³-hybridized carbons (Fsp3) is 0.273. The molecule has 1 rings (SSSR count). The van der Waals surface area contributed by atoms with Gasteiger partial charge in [-0.1, -0.05) is 12.1 Å². The molecule has 6 nitrogen and oxygen atoms in total. The molecule has 3 amide bonds. The average molecular weight is 254 g/mol. The summed E-state index contributed by atoms with van der Waals surface area (Å²) in [7, 11) is 0.